The van der Waals surface area contributed by atoms with Crippen molar-refractivity contribution < 1.29 is 14.3 Å². The van der Waals surface area contributed by atoms with Gasteiger partial charge in [0.05, 0.1) is 30.8 Å². The maximum absolute atomic E-state index is 12.5. The number of morpholine rings is 1. The number of alkyl halides is 1. The summed E-state index contributed by atoms with van der Waals surface area (Å²) in [5, 5.41) is 0. The van der Waals surface area contributed by atoms with E-state index in [2.05, 4.69) is 15.9 Å². The number of ether oxygens (including phenoxy) is 2. The fraction of sp³-hybridized carbons (Fsp3) is 0.462. The van der Waals surface area contributed by atoms with Crippen LogP contribution in [0.2, 0.25) is 0 Å². The van der Waals surface area contributed by atoms with E-state index in [1.54, 1.807) is 30.2 Å². The van der Waals surface area contributed by atoms with Crippen molar-refractivity contribution in [3.05, 3.63) is 28.2 Å². The van der Waals surface area contributed by atoms with E-state index in [1.807, 2.05) is 0 Å². The molecule has 1 aromatic rings. The van der Waals surface area contributed by atoms with Gasteiger partial charge in [0.2, 0.25) is 0 Å². The van der Waals surface area contributed by atoms with E-state index in [-0.39, 0.29) is 11.9 Å². The number of halogens is 2. The van der Waals surface area contributed by atoms with Crippen LogP contribution >= 0.6 is 27.5 Å². The number of methoxy groups -OCH3 is 1. The molecule has 6 heteroatoms. The topological polar surface area (TPSA) is 38.8 Å². The van der Waals surface area contributed by atoms with Gasteiger partial charge >= 0.3 is 0 Å². The molecule has 0 N–H and O–H groups in total. The molecule has 0 spiro atoms. The normalized spacial score (nSPS) is 19.3. The minimum atomic E-state index is -0.0659. The molecule has 0 saturated carbocycles. The van der Waals surface area contributed by atoms with Crippen molar-refractivity contribution in [1.82, 2.24) is 4.90 Å². The summed E-state index contributed by atoms with van der Waals surface area (Å²) < 4.78 is 11.3. The van der Waals surface area contributed by atoms with E-state index >= 15 is 0 Å². The van der Waals surface area contributed by atoms with Crippen LogP contribution in [0.25, 0.3) is 0 Å². The molecule has 1 saturated heterocycles. The Hall–Kier alpha value is -0.780. The number of hydrogen-bond acceptors (Lipinski definition) is 3. The SMILES string of the molecule is COc1ccc(C(=O)N2CCOCC2CCl)cc1Br. The first-order chi connectivity index (χ1) is 9.17. The zero-order valence-electron chi connectivity index (χ0n) is 10.6. The second-order valence-electron chi connectivity index (χ2n) is 4.23. The van der Waals surface area contributed by atoms with E-state index in [0.717, 1.165) is 4.47 Å². The maximum atomic E-state index is 12.5. The Balaban J connectivity index is 2.20. The second kappa shape index (κ2) is 6.59. The number of amides is 1. The largest absolute Gasteiger partial charge is 0.496 e. The summed E-state index contributed by atoms with van der Waals surface area (Å²) in [7, 11) is 1.59. The molecule has 2 rings (SSSR count). The second-order valence-corrected chi connectivity index (χ2v) is 5.39. The van der Waals surface area contributed by atoms with Gasteiger partial charge in [-0.1, -0.05) is 0 Å². The molecular weight excluding hydrogens is 334 g/mol. The van der Waals surface area contributed by atoms with Crippen LogP contribution in [-0.4, -0.2) is 49.6 Å². The van der Waals surface area contributed by atoms with Gasteiger partial charge in [-0.25, -0.2) is 0 Å². The van der Waals surface area contributed by atoms with Crippen LogP contribution in [0.1, 0.15) is 10.4 Å². The van der Waals surface area contributed by atoms with E-state index in [4.69, 9.17) is 21.1 Å². The molecule has 0 bridgehead atoms. The fourth-order valence-corrected chi connectivity index (χ4v) is 2.81. The first kappa shape index (κ1) is 14.6. The van der Waals surface area contributed by atoms with Crippen LogP contribution in [-0.2, 0) is 4.74 Å². The molecule has 0 aliphatic carbocycles. The minimum Gasteiger partial charge on any atom is -0.496 e. The summed E-state index contributed by atoms with van der Waals surface area (Å²) in [5.74, 6) is 1.05. The highest BCUT2D eigenvalue weighted by Crippen LogP contribution is 2.26. The van der Waals surface area contributed by atoms with Gasteiger partial charge in [0, 0.05) is 18.0 Å². The Labute approximate surface area is 125 Å². The quantitative estimate of drug-likeness (QED) is 0.788. The van der Waals surface area contributed by atoms with Gasteiger partial charge in [-0.3, -0.25) is 4.79 Å². The van der Waals surface area contributed by atoms with E-state index < -0.39 is 0 Å². The standard InChI is InChI=1S/C13H15BrClNO3/c1-18-12-3-2-9(6-11(12)14)13(17)16-4-5-19-8-10(16)7-15/h2-3,6,10H,4-5,7-8H2,1H3. The molecule has 0 aromatic heterocycles. The van der Waals surface area contributed by atoms with Crippen molar-refractivity contribution >= 4 is 33.4 Å². The van der Waals surface area contributed by atoms with Crippen molar-refractivity contribution in [1.29, 1.82) is 0 Å². The minimum absolute atomic E-state index is 0.0303. The summed E-state index contributed by atoms with van der Waals surface area (Å²) in [5.41, 5.74) is 0.615. The fourth-order valence-electron chi connectivity index (χ4n) is 2.02. The van der Waals surface area contributed by atoms with Gasteiger partial charge in [0.25, 0.3) is 5.91 Å². The summed E-state index contributed by atoms with van der Waals surface area (Å²) in [6, 6.07) is 5.23. The van der Waals surface area contributed by atoms with Crippen molar-refractivity contribution in [3.63, 3.8) is 0 Å². The van der Waals surface area contributed by atoms with Gasteiger partial charge in [-0.15, -0.1) is 11.6 Å². The van der Waals surface area contributed by atoms with Crippen LogP contribution < -0.4 is 4.74 Å². The summed E-state index contributed by atoms with van der Waals surface area (Å²) in [6.07, 6.45) is 0. The summed E-state index contributed by atoms with van der Waals surface area (Å²) in [6.45, 7) is 1.61. The number of hydrogen-bond donors (Lipinski definition) is 0. The Morgan fingerprint density at radius 1 is 1.63 bits per heavy atom. The molecule has 1 heterocycles. The Kier molecular flexibility index (Phi) is 5.07. The molecule has 0 radical (unpaired) electrons. The number of nitrogens with zero attached hydrogens (tertiary/aromatic N) is 1. The molecule has 1 atom stereocenters. The zero-order chi connectivity index (χ0) is 13.8. The van der Waals surface area contributed by atoms with E-state index in [1.165, 1.54) is 0 Å². The lowest BCUT2D eigenvalue weighted by molar-refractivity contribution is 0.00455. The van der Waals surface area contributed by atoms with E-state index in [9.17, 15) is 4.79 Å². The summed E-state index contributed by atoms with van der Waals surface area (Å²) >= 11 is 9.27. The van der Waals surface area contributed by atoms with Crippen LogP contribution in [0.15, 0.2) is 22.7 Å². The van der Waals surface area contributed by atoms with Crippen molar-refractivity contribution in [2.24, 2.45) is 0 Å². The molecule has 1 aliphatic rings. The molecular formula is C13H15BrClNO3. The third kappa shape index (κ3) is 3.22. The lowest BCUT2D eigenvalue weighted by Crippen LogP contribution is -2.49. The molecule has 19 heavy (non-hydrogen) atoms. The van der Waals surface area contributed by atoms with Crippen LogP contribution in [0.3, 0.4) is 0 Å². The Bertz CT molecular complexity index is 469. The van der Waals surface area contributed by atoms with Gasteiger partial charge in [0.15, 0.2) is 0 Å². The number of carbonyl (C=O) groups excluding carboxylic acids is 1. The van der Waals surface area contributed by atoms with Crippen molar-refractivity contribution in [3.8, 4) is 5.75 Å². The van der Waals surface area contributed by atoms with Gasteiger partial charge in [-0.05, 0) is 34.1 Å². The first-order valence-corrected chi connectivity index (χ1v) is 7.28. The third-order valence-corrected chi connectivity index (χ3v) is 4.04. The molecule has 1 aromatic carbocycles. The van der Waals surface area contributed by atoms with Crippen LogP contribution in [0.4, 0.5) is 0 Å². The highest BCUT2D eigenvalue weighted by molar-refractivity contribution is 9.10. The number of carbonyl (C=O) groups is 1. The highest BCUT2D eigenvalue weighted by Gasteiger charge is 2.27. The predicted molar refractivity (Wildman–Crippen MR) is 77.1 cm³/mol. The van der Waals surface area contributed by atoms with Crippen LogP contribution in [0, 0.1) is 0 Å². The Morgan fingerprint density at radius 3 is 3.05 bits per heavy atom. The maximum Gasteiger partial charge on any atom is 0.254 e. The van der Waals surface area contributed by atoms with Crippen molar-refractivity contribution in [2.45, 2.75) is 6.04 Å². The molecule has 1 unspecified atom stereocenters. The smallest absolute Gasteiger partial charge is 0.254 e. The molecule has 1 aliphatic heterocycles. The summed E-state index contributed by atoms with van der Waals surface area (Å²) in [4.78, 5) is 14.2. The lowest BCUT2D eigenvalue weighted by Gasteiger charge is -2.34. The molecule has 1 fully saturated rings. The average molecular weight is 349 g/mol. The van der Waals surface area contributed by atoms with Crippen molar-refractivity contribution in [2.75, 3.05) is 32.7 Å². The molecule has 4 nitrogen and oxygen atoms in total. The Morgan fingerprint density at radius 2 is 2.42 bits per heavy atom. The monoisotopic (exact) mass is 347 g/mol. The number of benzene rings is 1. The number of rotatable bonds is 3. The average Bonchev–Trinajstić information content (AvgIpc) is 2.46. The lowest BCUT2D eigenvalue weighted by atomic mass is 10.1. The highest BCUT2D eigenvalue weighted by atomic mass is 79.9. The molecule has 104 valence electrons. The molecule has 1 amide bonds. The van der Waals surface area contributed by atoms with Gasteiger partial charge in [0.1, 0.15) is 5.75 Å². The van der Waals surface area contributed by atoms with Gasteiger partial charge < -0.3 is 14.4 Å². The van der Waals surface area contributed by atoms with E-state index in [0.29, 0.717) is 37.0 Å². The third-order valence-electron chi connectivity index (χ3n) is 3.07. The predicted octanol–water partition coefficient (Wildman–Crippen LogP) is 2.54. The zero-order valence-corrected chi connectivity index (χ0v) is 12.9. The first-order valence-electron chi connectivity index (χ1n) is 5.95. The van der Waals surface area contributed by atoms with Gasteiger partial charge in [-0.2, -0.15) is 0 Å². The van der Waals surface area contributed by atoms with Crippen LogP contribution in [0.5, 0.6) is 5.75 Å².